The average molecular weight is 1390 g/mol. The first-order valence-corrected chi connectivity index (χ1v) is 40.1. The number of ether oxygens (including phenoxy) is 4. The standard InChI is InChI=1S/C77H132O17P2/c1-5-9-13-17-21-25-29-32-35-38-42-45-49-53-57-61-74(79)87-67-72(93-76(81)63-59-55-51-47-41-28-24-20-16-12-8-4)69-91-95(83,84)89-65-71(78)66-90-96(85,86)92-70-73(94-77(82)64-60-56-52-48-44-40-37-34-31-27-23-19-15-11-7-3)68-88-75(80)62-58-54-50-46-43-39-36-33-30-26-22-18-14-10-6-2/h9,13,20-22,24-26,32-37,42,45,53,57,71-73,78H,5-8,10-12,14-19,23,27-31,38-41,43-44,46-52,54-56,58-70H2,1-4H3,(H,83,84)(H,85,86)/b13-9-,24-20-,25-21-,26-22-,35-32-,36-33-,37-34-,45-42-,57-53-. The van der Waals surface area contributed by atoms with Gasteiger partial charge in [0.15, 0.2) is 12.2 Å². The van der Waals surface area contributed by atoms with Crippen LogP contribution in [-0.4, -0.2) is 96.7 Å². The van der Waals surface area contributed by atoms with Crippen molar-refractivity contribution in [2.75, 3.05) is 39.6 Å². The lowest BCUT2D eigenvalue weighted by Crippen LogP contribution is -2.30. The highest BCUT2D eigenvalue weighted by atomic mass is 31.2. The van der Waals surface area contributed by atoms with E-state index in [0.29, 0.717) is 25.7 Å². The number of rotatable bonds is 69. The summed E-state index contributed by atoms with van der Waals surface area (Å²) in [4.78, 5) is 72.6. The molecular formula is C77H132O17P2. The lowest BCUT2D eigenvalue weighted by molar-refractivity contribution is -0.161. The van der Waals surface area contributed by atoms with E-state index in [1.807, 2.05) is 18.2 Å². The molecule has 0 spiro atoms. The molecule has 0 rings (SSSR count). The zero-order valence-corrected chi connectivity index (χ0v) is 61.8. The zero-order valence-electron chi connectivity index (χ0n) is 60.0. The molecule has 0 aliphatic rings. The van der Waals surface area contributed by atoms with Crippen molar-refractivity contribution in [1.82, 2.24) is 0 Å². The lowest BCUT2D eigenvalue weighted by atomic mass is 10.1. The largest absolute Gasteiger partial charge is 0.472 e. The first-order chi connectivity index (χ1) is 46.7. The quantitative estimate of drug-likeness (QED) is 0.0169. The second-order valence-corrected chi connectivity index (χ2v) is 27.4. The van der Waals surface area contributed by atoms with Gasteiger partial charge in [0.1, 0.15) is 19.3 Å². The van der Waals surface area contributed by atoms with Crippen LogP contribution in [0.25, 0.3) is 0 Å². The molecular weight excluding hydrogens is 1260 g/mol. The Labute approximate surface area is 581 Å². The van der Waals surface area contributed by atoms with Crippen LogP contribution in [0.4, 0.5) is 0 Å². The third kappa shape index (κ3) is 68.3. The molecule has 0 aromatic carbocycles. The van der Waals surface area contributed by atoms with Crippen molar-refractivity contribution < 1.29 is 80.2 Å². The van der Waals surface area contributed by atoms with Crippen LogP contribution >= 0.6 is 15.6 Å². The van der Waals surface area contributed by atoms with E-state index >= 15 is 0 Å². The van der Waals surface area contributed by atoms with E-state index in [0.717, 1.165) is 148 Å². The molecule has 0 aromatic heterocycles. The van der Waals surface area contributed by atoms with Gasteiger partial charge in [0, 0.05) is 19.3 Å². The average Bonchev–Trinajstić information content (AvgIpc) is 1.11. The van der Waals surface area contributed by atoms with Crippen LogP contribution in [0, 0.1) is 0 Å². The van der Waals surface area contributed by atoms with Crippen LogP contribution in [0.1, 0.15) is 297 Å². The van der Waals surface area contributed by atoms with Gasteiger partial charge < -0.3 is 33.8 Å². The monoisotopic (exact) mass is 1390 g/mol. The van der Waals surface area contributed by atoms with Crippen molar-refractivity contribution in [2.45, 2.75) is 316 Å². The van der Waals surface area contributed by atoms with E-state index in [1.165, 1.54) is 70.6 Å². The number of allylic oxidation sites excluding steroid dienone is 17. The van der Waals surface area contributed by atoms with Crippen molar-refractivity contribution >= 4 is 39.5 Å². The van der Waals surface area contributed by atoms with Gasteiger partial charge in [0.25, 0.3) is 0 Å². The molecule has 0 aliphatic carbocycles. The Balaban J connectivity index is 5.41. The lowest BCUT2D eigenvalue weighted by Gasteiger charge is -2.21. The van der Waals surface area contributed by atoms with Gasteiger partial charge in [-0.2, -0.15) is 0 Å². The number of esters is 4. The predicted molar refractivity (Wildman–Crippen MR) is 390 cm³/mol. The molecule has 0 saturated heterocycles. The van der Waals surface area contributed by atoms with Crippen molar-refractivity contribution in [2.24, 2.45) is 0 Å². The predicted octanol–water partition coefficient (Wildman–Crippen LogP) is 21.0. The van der Waals surface area contributed by atoms with Gasteiger partial charge in [-0.1, -0.05) is 253 Å². The molecule has 3 N–H and O–H groups in total. The van der Waals surface area contributed by atoms with Gasteiger partial charge in [0.05, 0.1) is 32.8 Å². The summed E-state index contributed by atoms with van der Waals surface area (Å²) in [5, 5.41) is 10.6. The van der Waals surface area contributed by atoms with Crippen LogP contribution in [0.5, 0.6) is 0 Å². The van der Waals surface area contributed by atoms with Gasteiger partial charge in [-0.05, 0) is 128 Å². The van der Waals surface area contributed by atoms with Crippen molar-refractivity contribution in [3.05, 3.63) is 109 Å². The molecule has 5 unspecified atom stereocenters. The summed E-state index contributed by atoms with van der Waals surface area (Å²) in [5.41, 5.74) is 0. The molecule has 0 aromatic rings. The Hall–Kier alpha value is -4.28. The normalized spacial score (nSPS) is 14.6. The third-order valence-corrected chi connectivity index (χ3v) is 17.1. The molecule has 0 amide bonds. The van der Waals surface area contributed by atoms with Crippen molar-refractivity contribution in [3.8, 4) is 0 Å². The summed E-state index contributed by atoms with van der Waals surface area (Å²) >= 11 is 0. The number of carbonyl (C=O) groups excluding carboxylic acids is 4. The highest BCUT2D eigenvalue weighted by Crippen LogP contribution is 2.45. The van der Waals surface area contributed by atoms with Crippen LogP contribution in [0.15, 0.2) is 109 Å². The van der Waals surface area contributed by atoms with Crippen LogP contribution < -0.4 is 0 Å². The summed E-state index contributed by atoms with van der Waals surface area (Å²) in [6.45, 7) is 4.53. The molecule has 0 saturated carbocycles. The van der Waals surface area contributed by atoms with E-state index in [2.05, 4.69) is 113 Å². The van der Waals surface area contributed by atoms with Crippen molar-refractivity contribution in [1.29, 1.82) is 0 Å². The summed E-state index contributed by atoms with van der Waals surface area (Å²) in [7, 11) is -9.97. The Bertz CT molecular complexity index is 2250. The highest BCUT2D eigenvalue weighted by Gasteiger charge is 2.30. The van der Waals surface area contributed by atoms with Gasteiger partial charge in [-0.3, -0.25) is 37.3 Å². The van der Waals surface area contributed by atoms with Crippen molar-refractivity contribution in [3.63, 3.8) is 0 Å². The van der Waals surface area contributed by atoms with Gasteiger partial charge in [-0.25, -0.2) is 9.13 Å². The van der Waals surface area contributed by atoms with Gasteiger partial charge in [0.2, 0.25) is 0 Å². The fraction of sp³-hybridized carbons (Fsp3) is 0.714. The molecule has 0 aliphatic heterocycles. The maximum Gasteiger partial charge on any atom is 0.472 e. The minimum Gasteiger partial charge on any atom is -0.462 e. The highest BCUT2D eigenvalue weighted by molar-refractivity contribution is 7.47. The number of unbranched alkanes of at least 4 members (excludes halogenated alkanes) is 26. The summed E-state index contributed by atoms with van der Waals surface area (Å²) in [6, 6.07) is 0. The fourth-order valence-corrected chi connectivity index (χ4v) is 11.1. The van der Waals surface area contributed by atoms with Gasteiger partial charge in [-0.15, -0.1) is 0 Å². The van der Waals surface area contributed by atoms with E-state index in [4.69, 9.17) is 37.0 Å². The summed E-state index contributed by atoms with van der Waals surface area (Å²) in [6.07, 6.45) is 72.6. The number of hydrogen-bond donors (Lipinski definition) is 3. The Morgan fingerprint density at radius 3 is 0.990 bits per heavy atom. The van der Waals surface area contributed by atoms with E-state index in [9.17, 15) is 43.2 Å². The second kappa shape index (κ2) is 69.2. The van der Waals surface area contributed by atoms with E-state index < -0.39 is 97.5 Å². The molecule has 0 fully saturated rings. The minimum absolute atomic E-state index is 0.0634. The first kappa shape index (κ1) is 91.7. The second-order valence-electron chi connectivity index (χ2n) is 24.5. The topological polar surface area (TPSA) is 237 Å². The SMILES string of the molecule is CC/C=C\C/C=C\C/C=C\C/C=C\C/C=C\CC(=O)OCC(COP(=O)(O)OCC(O)COP(=O)(O)OCC(COC(=O)CCCCCCC/C=C\C/C=C\CCCCC)OC(=O)CCCCCCC/C=C\CCCCCCCC)OC(=O)CCCCCCC/C=C\CCCC. The molecule has 0 heterocycles. The molecule has 552 valence electrons. The molecule has 17 nitrogen and oxygen atoms in total. The van der Waals surface area contributed by atoms with E-state index in [1.54, 1.807) is 6.08 Å². The minimum atomic E-state index is -4.99. The number of aliphatic hydroxyl groups is 1. The molecule has 19 heteroatoms. The third-order valence-electron chi connectivity index (χ3n) is 15.2. The summed E-state index contributed by atoms with van der Waals surface area (Å²) in [5.74, 6) is -2.35. The Kier molecular flexibility index (Phi) is 66.1. The molecule has 0 bridgehead atoms. The maximum absolute atomic E-state index is 13.1. The number of phosphoric acid groups is 2. The fourth-order valence-electron chi connectivity index (χ4n) is 9.53. The maximum atomic E-state index is 13.1. The first-order valence-electron chi connectivity index (χ1n) is 37.1. The smallest absolute Gasteiger partial charge is 0.462 e. The number of carbonyl (C=O) groups is 4. The van der Waals surface area contributed by atoms with Crippen LogP contribution in [-0.2, 0) is 65.4 Å². The number of hydrogen-bond acceptors (Lipinski definition) is 15. The number of aliphatic hydroxyl groups excluding tert-OH is 1. The summed E-state index contributed by atoms with van der Waals surface area (Å²) < 4.78 is 68.2. The Morgan fingerprint density at radius 2 is 0.594 bits per heavy atom. The zero-order chi connectivity index (χ0) is 70.4. The molecule has 5 atom stereocenters. The van der Waals surface area contributed by atoms with Crippen LogP contribution in [0.3, 0.4) is 0 Å². The van der Waals surface area contributed by atoms with Crippen LogP contribution in [0.2, 0.25) is 0 Å². The number of phosphoric ester groups is 2. The molecule has 96 heavy (non-hydrogen) atoms. The van der Waals surface area contributed by atoms with E-state index in [-0.39, 0.29) is 25.7 Å². The van der Waals surface area contributed by atoms with Gasteiger partial charge >= 0.3 is 39.5 Å². The molecule has 0 radical (unpaired) electrons. The Morgan fingerprint density at radius 1 is 0.312 bits per heavy atom.